The van der Waals surface area contributed by atoms with Gasteiger partial charge in [-0.05, 0) is 43.4 Å². The Morgan fingerprint density at radius 2 is 1.93 bits per heavy atom. The first-order chi connectivity index (χ1) is 20.0. The van der Waals surface area contributed by atoms with E-state index in [1.807, 2.05) is 47.8 Å². The first-order valence-electron chi connectivity index (χ1n) is 13.3. The fourth-order valence-corrected chi connectivity index (χ4v) is 7.13. The molecule has 41 heavy (non-hydrogen) atoms. The largest absolute Gasteiger partial charge is 0.463 e. The maximum absolute atomic E-state index is 14.1. The van der Waals surface area contributed by atoms with E-state index in [-0.39, 0.29) is 17.9 Å². The number of fused-ring (bicyclic) bond motifs is 1. The van der Waals surface area contributed by atoms with Crippen LogP contribution >= 0.6 is 22.7 Å². The van der Waals surface area contributed by atoms with Gasteiger partial charge in [0.2, 0.25) is 0 Å². The molecule has 0 saturated carbocycles. The predicted molar refractivity (Wildman–Crippen MR) is 160 cm³/mol. The molecule has 11 heteroatoms. The number of nitro benzene ring substituents is 1. The van der Waals surface area contributed by atoms with E-state index in [1.165, 1.54) is 34.8 Å². The van der Waals surface area contributed by atoms with Gasteiger partial charge < -0.3 is 9.64 Å². The summed E-state index contributed by atoms with van der Waals surface area (Å²) in [4.78, 5) is 47.1. The number of non-ortho nitro benzene ring substituents is 1. The minimum absolute atomic E-state index is 0.0422. The number of thiophene rings is 1. The Morgan fingerprint density at radius 3 is 2.61 bits per heavy atom. The highest BCUT2D eigenvalue weighted by atomic mass is 32.1. The van der Waals surface area contributed by atoms with Crippen molar-refractivity contribution in [1.29, 1.82) is 0 Å². The molecule has 208 valence electrons. The van der Waals surface area contributed by atoms with E-state index in [4.69, 9.17) is 9.73 Å². The van der Waals surface area contributed by atoms with Gasteiger partial charge in [0.05, 0.1) is 27.3 Å². The Hall–Kier alpha value is -4.35. The Labute approximate surface area is 243 Å². The standard InChI is InChI=1S/C30H26N4O5S2/c1-2-39-29(36)25-26(19-9-4-3-5-10-19)31-30-33(27(25)23-11-8-16-40-23)28(35)24(41-30)18-20-17-21(34(37)38)12-13-22(20)32-14-6-7-15-32/h3-5,8-13,16-18,27H,2,6-7,14-15H2,1H3/b24-18+. The summed E-state index contributed by atoms with van der Waals surface area (Å²) in [6.07, 6.45) is 3.79. The van der Waals surface area contributed by atoms with Crippen molar-refractivity contribution in [1.82, 2.24) is 4.57 Å². The van der Waals surface area contributed by atoms with Crippen molar-refractivity contribution >= 4 is 51.8 Å². The molecular formula is C30H26N4O5S2. The van der Waals surface area contributed by atoms with Gasteiger partial charge in [0.15, 0.2) is 4.80 Å². The van der Waals surface area contributed by atoms with Gasteiger partial charge >= 0.3 is 5.97 Å². The summed E-state index contributed by atoms with van der Waals surface area (Å²) in [5.41, 5.74) is 2.60. The Morgan fingerprint density at radius 1 is 1.15 bits per heavy atom. The molecule has 0 aliphatic carbocycles. The normalized spacial score (nSPS) is 17.0. The highest BCUT2D eigenvalue weighted by Gasteiger charge is 2.35. The molecule has 0 amide bonds. The maximum Gasteiger partial charge on any atom is 0.338 e. The third-order valence-corrected chi connectivity index (χ3v) is 9.05. The van der Waals surface area contributed by atoms with E-state index in [0.717, 1.165) is 42.1 Å². The summed E-state index contributed by atoms with van der Waals surface area (Å²) in [6, 6.07) is 17.2. The SMILES string of the molecule is CCOC(=O)C1=C(c2ccccc2)N=c2s/c(=C/c3cc([N+](=O)[O-])ccc3N3CCCC3)c(=O)n2C1c1cccs1. The second-order valence-electron chi connectivity index (χ2n) is 9.64. The van der Waals surface area contributed by atoms with Crippen LogP contribution in [0.4, 0.5) is 11.4 Å². The summed E-state index contributed by atoms with van der Waals surface area (Å²) in [6.45, 7) is 3.62. The van der Waals surface area contributed by atoms with E-state index in [1.54, 1.807) is 23.6 Å². The van der Waals surface area contributed by atoms with Crippen LogP contribution in [0.3, 0.4) is 0 Å². The molecule has 9 nitrogen and oxygen atoms in total. The van der Waals surface area contributed by atoms with Gasteiger partial charge in [-0.1, -0.05) is 47.7 Å². The maximum atomic E-state index is 14.1. The molecule has 2 aromatic carbocycles. The number of esters is 1. The van der Waals surface area contributed by atoms with Crippen LogP contribution in [0.2, 0.25) is 0 Å². The number of rotatable bonds is 7. The third-order valence-electron chi connectivity index (χ3n) is 7.14. The van der Waals surface area contributed by atoms with Gasteiger partial charge in [-0.2, -0.15) is 0 Å². The molecule has 4 aromatic rings. The average molecular weight is 587 g/mol. The summed E-state index contributed by atoms with van der Waals surface area (Å²) in [5.74, 6) is -0.530. The fraction of sp³-hybridized carbons (Fsp3) is 0.233. The Kier molecular flexibility index (Phi) is 7.38. The quantitative estimate of drug-likeness (QED) is 0.179. The molecule has 1 atom stereocenters. The van der Waals surface area contributed by atoms with Crippen molar-refractivity contribution in [2.45, 2.75) is 25.8 Å². The highest BCUT2D eigenvalue weighted by Crippen LogP contribution is 2.37. The number of thiazole rings is 1. The van der Waals surface area contributed by atoms with E-state index < -0.39 is 16.9 Å². The van der Waals surface area contributed by atoms with Crippen molar-refractivity contribution in [3.05, 3.63) is 117 Å². The molecule has 1 unspecified atom stereocenters. The van der Waals surface area contributed by atoms with Crippen LogP contribution in [0.15, 0.2) is 81.4 Å². The molecule has 0 bridgehead atoms. The van der Waals surface area contributed by atoms with E-state index in [9.17, 15) is 19.7 Å². The number of benzene rings is 2. The number of ether oxygens (including phenoxy) is 1. The average Bonchev–Trinajstić information content (AvgIpc) is 3.76. The second kappa shape index (κ2) is 11.3. The predicted octanol–water partition coefficient (Wildman–Crippen LogP) is 4.51. The number of hydrogen-bond donors (Lipinski definition) is 0. The first-order valence-corrected chi connectivity index (χ1v) is 15.0. The molecule has 2 aromatic heterocycles. The van der Waals surface area contributed by atoms with Crippen LogP contribution in [-0.4, -0.2) is 35.2 Å². The monoisotopic (exact) mass is 586 g/mol. The van der Waals surface area contributed by atoms with Crippen LogP contribution in [-0.2, 0) is 9.53 Å². The van der Waals surface area contributed by atoms with Gasteiger partial charge in [0, 0.05) is 46.9 Å². The molecule has 4 heterocycles. The topological polar surface area (TPSA) is 107 Å². The van der Waals surface area contributed by atoms with Crippen molar-refractivity contribution in [2.24, 2.45) is 4.99 Å². The van der Waals surface area contributed by atoms with Gasteiger partial charge in [0.25, 0.3) is 11.2 Å². The zero-order chi connectivity index (χ0) is 28.5. The number of aromatic nitrogens is 1. The van der Waals surface area contributed by atoms with Crippen LogP contribution in [0.1, 0.15) is 41.8 Å². The van der Waals surface area contributed by atoms with Crippen molar-refractivity contribution in [2.75, 3.05) is 24.6 Å². The van der Waals surface area contributed by atoms with Crippen molar-refractivity contribution < 1.29 is 14.5 Å². The lowest BCUT2D eigenvalue weighted by molar-refractivity contribution is -0.384. The minimum atomic E-state index is -0.731. The van der Waals surface area contributed by atoms with Crippen LogP contribution < -0.4 is 19.8 Å². The van der Waals surface area contributed by atoms with Crippen LogP contribution in [0.5, 0.6) is 0 Å². The smallest absolute Gasteiger partial charge is 0.338 e. The molecule has 2 aliphatic heterocycles. The second-order valence-corrected chi connectivity index (χ2v) is 11.6. The van der Waals surface area contributed by atoms with Crippen LogP contribution in [0, 0.1) is 10.1 Å². The lowest BCUT2D eigenvalue weighted by Crippen LogP contribution is -2.39. The molecular weight excluding hydrogens is 560 g/mol. The van der Waals surface area contributed by atoms with Gasteiger partial charge in [-0.15, -0.1) is 11.3 Å². The number of carbonyl (C=O) groups is 1. The Balaban J connectivity index is 1.61. The molecule has 2 aliphatic rings. The number of nitro groups is 1. The zero-order valence-corrected chi connectivity index (χ0v) is 23.8. The third kappa shape index (κ3) is 5.02. The van der Waals surface area contributed by atoms with Crippen molar-refractivity contribution in [3.8, 4) is 0 Å². The van der Waals surface area contributed by atoms with Gasteiger partial charge in [0.1, 0.15) is 6.04 Å². The first kappa shape index (κ1) is 26.9. The Bertz CT molecular complexity index is 1840. The molecule has 1 saturated heterocycles. The minimum Gasteiger partial charge on any atom is -0.463 e. The van der Waals surface area contributed by atoms with Gasteiger partial charge in [-0.25, -0.2) is 9.79 Å². The zero-order valence-electron chi connectivity index (χ0n) is 22.2. The van der Waals surface area contributed by atoms with E-state index in [0.29, 0.717) is 26.2 Å². The summed E-state index contributed by atoms with van der Waals surface area (Å²) in [7, 11) is 0. The lowest BCUT2D eigenvalue weighted by atomic mass is 9.97. The number of anilines is 1. The molecule has 1 fully saturated rings. The molecule has 0 radical (unpaired) electrons. The number of nitrogens with zero attached hydrogens (tertiary/aromatic N) is 4. The summed E-state index contributed by atoms with van der Waals surface area (Å²) >= 11 is 2.65. The van der Waals surface area contributed by atoms with Crippen molar-refractivity contribution in [3.63, 3.8) is 0 Å². The highest BCUT2D eigenvalue weighted by molar-refractivity contribution is 7.10. The fourth-order valence-electron chi connectivity index (χ4n) is 5.31. The lowest BCUT2D eigenvalue weighted by Gasteiger charge is -2.24. The van der Waals surface area contributed by atoms with Gasteiger partial charge in [-0.3, -0.25) is 19.5 Å². The number of carbonyl (C=O) groups excluding carboxylic acids is 1. The number of hydrogen-bond acceptors (Lipinski definition) is 9. The summed E-state index contributed by atoms with van der Waals surface area (Å²) < 4.78 is 7.41. The van der Waals surface area contributed by atoms with Crippen LogP contribution in [0.25, 0.3) is 11.8 Å². The van der Waals surface area contributed by atoms with E-state index in [2.05, 4.69) is 4.90 Å². The molecule has 0 N–H and O–H groups in total. The summed E-state index contributed by atoms with van der Waals surface area (Å²) in [5, 5.41) is 13.5. The molecule has 0 spiro atoms. The molecule has 6 rings (SSSR count). The van der Waals surface area contributed by atoms with E-state index >= 15 is 0 Å².